The lowest BCUT2D eigenvalue weighted by atomic mass is 9.96. The molecule has 1 fully saturated rings. The average Bonchev–Trinajstić information content (AvgIpc) is 3.16. The first kappa shape index (κ1) is 18.8. The molecule has 140 valence electrons. The fourth-order valence-corrected chi connectivity index (χ4v) is 3.89. The van der Waals surface area contributed by atoms with Crippen LogP contribution in [0.15, 0.2) is 35.8 Å². The van der Waals surface area contributed by atoms with Crippen molar-refractivity contribution in [2.24, 2.45) is 5.92 Å². The Morgan fingerprint density at radius 1 is 1.23 bits per heavy atom. The first-order chi connectivity index (χ1) is 12.5. The van der Waals surface area contributed by atoms with Gasteiger partial charge < -0.3 is 10.2 Å². The SMILES string of the molecule is CC(C)[C@@H](NC(=O)CN1CCN(c2nccs2)CC1)c1ccc(F)cc1. The average molecular weight is 377 g/mol. The van der Waals surface area contributed by atoms with Crippen molar-refractivity contribution in [1.82, 2.24) is 15.2 Å². The van der Waals surface area contributed by atoms with E-state index in [1.54, 1.807) is 23.5 Å². The van der Waals surface area contributed by atoms with Crippen LogP contribution in [-0.4, -0.2) is 48.5 Å². The summed E-state index contributed by atoms with van der Waals surface area (Å²) in [5.74, 6) is -0.0254. The molecular formula is C19H25FN4OS. The number of nitrogens with one attached hydrogen (secondary N) is 1. The second-order valence-corrected chi connectivity index (χ2v) is 7.79. The summed E-state index contributed by atoms with van der Waals surface area (Å²) in [6.07, 6.45) is 1.82. The molecule has 1 atom stereocenters. The molecular weight excluding hydrogens is 351 g/mol. The van der Waals surface area contributed by atoms with Crippen molar-refractivity contribution in [3.05, 3.63) is 47.2 Å². The van der Waals surface area contributed by atoms with Crippen LogP contribution in [-0.2, 0) is 4.79 Å². The third-order valence-corrected chi connectivity index (χ3v) is 5.47. The van der Waals surface area contributed by atoms with E-state index in [9.17, 15) is 9.18 Å². The van der Waals surface area contributed by atoms with E-state index in [4.69, 9.17) is 0 Å². The Morgan fingerprint density at radius 2 is 1.92 bits per heavy atom. The van der Waals surface area contributed by atoms with Crippen molar-refractivity contribution >= 4 is 22.4 Å². The maximum absolute atomic E-state index is 13.2. The molecule has 0 radical (unpaired) electrons. The summed E-state index contributed by atoms with van der Waals surface area (Å²) in [6, 6.07) is 6.25. The molecule has 0 spiro atoms. The minimum atomic E-state index is -0.263. The van der Waals surface area contributed by atoms with Gasteiger partial charge in [0.05, 0.1) is 12.6 Å². The summed E-state index contributed by atoms with van der Waals surface area (Å²) in [4.78, 5) is 21.3. The maximum atomic E-state index is 13.2. The number of anilines is 1. The van der Waals surface area contributed by atoms with Gasteiger partial charge in [-0.2, -0.15) is 0 Å². The first-order valence-electron chi connectivity index (χ1n) is 8.94. The van der Waals surface area contributed by atoms with Gasteiger partial charge in [0.25, 0.3) is 0 Å². The van der Waals surface area contributed by atoms with Crippen LogP contribution in [0, 0.1) is 11.7 Å². The number of aromatic nitrogens is 1. The maximum Gasteiger partial charge on any atom is 0.234 e. The van der Waals surface area contributed by atoms with Gasteiger partial charge in [-0.15, -0.1) is 11.3 Å². The quantitative estimate of drug-likeness (QED) is 0.842. The Kier molecular flexibility index (Phi) is 6.21. The number of halogens is 1. The predicted molar refractivity (Wildman–Crippen MR) is 103 cm³/mol. The normalized spacial score (nSPS) is 16.7. The van der Waals surface area contributed by atoms with Crippen molar-refractivity contribution in [3.8, 4) is 0 Å². The molecule has 7 heteroatoms. The Balaban J connectivity index is 1.52. The highest BCUT2D eigenvalue weighted by atomic mass is 32.1. The second-order valence-electron chi connectivity index (χ2n) is 6.92. The number of benzene rings is 1. The summed E-state index contributed by atoms with van der Waals surface area (Å²) in [7, 11) is 0. The van der Waals surface area contributed by atoms with Gasteiger partial charge in [0.1, 0.15) is 5.82 Å². The molecule has 0 bridgehead atoms. The van der Waals surface area contributed by atoms with Gasteiger partial charge in [0, 0.05) is 37.8 Å². The molecule has 0 aliphatic carbocycles. The van der Waals surface area contributed by atoms with Crippen LogP contribution in [0.3, 0.4) is 0 Å². The summed E-state index contributed by atoms with van der Waals surface area (Å²) in [5, 5.41) is 6.14. The lowest BCUT2D eigenvalue weighted by molar-refractivity contribution is -0.123. The van der Waals surface area contributed by atoms with Crippen LogP contribution in [0.1, 0.15) is 25.5 Å². The molecule has 1 aromatic carbocycles. The van der Waals surface area contributed by atoms with Crippen molar-refractivity contribution in [3.63, 3.8) is 0 Å². The van der Waals surface area contributed by atoms with Gasteiger partial charge in [-0.1, -0.05) is 26.0 Å². The Labute approximate surface area is 157 Å². The fourth-order valence-electron chi connectivity index (χ4n) is 3.20. The predicted octanol–water partition coefficient (Wildman–Crippen LogP) is 2.92. The summed E-state index contributed by atoms with van der Waals surface area (Å²) >= 11 is 1.65. The standard InChI is InChI=1S/C19H25FN4OS/c1-14(2)18(15-3-5-16(20)6-4-15)22-17(25)13-23-8-10-24(11-9-23)19-21-7-12-26-19/h3-7,12,14,18H,8-11,13H2,1-2H3,(H,22,25)/t18-/m1/s1. The molecule has 0 unspecified atom stereocenters. The van der Waals surface area contributed by atoms with Gasteiger partial charge >= 0.3 is 0 Å². The van der Waals surface area contributed by atoms with Crippen molar-refractivity contribution in [1.29, 1.82) is 0 Å². The number of hydrogen-bond acceptors (Lipinski definition) is 5. The Hall–Kier alpha value is -1.99. The minimum Gasteiger partial charge on any atom is -0.348 e. The van der Waals surface area contributed by atoms with E-state index in [0.29, 0.717) is 6.54 Å². The van der Waals surface area contributed by atoms with Crippen LogP contribution < -0.4 is 10.2 Å². The van der Waals surface area contributed by atoms with E-state index in [1.165, 1.54) is 12.1 Å². The molecule has 2 aromatic rings. The highest BCUT2D eigenvalue weighted by Crippen LogP contribution is 2.22. The van der Waals surface area contributed by atoms with Gasteiger partial charge in [-0.3, -0.25) is 9.69 Å². The van der Waals surface area contributed by atoms with E-state index in [2.05, 4.69) is 33.9 Å². The number of carbonyl (C=O) groups is 1. The number of carbonyl (C=O) groups excluding carboxylic acids is 1. The lowest BCUT2D eigenvalue weighted by Crippen LogP contribution is -2.50. The smallest absolute Gasteiger partial charge is 0.234 e. The topological polar surface area (TPSA) is 48.5 Å². The van der Waals surface area contributed by atoms with Gasteiger partial charge in [-0.25, -0.2) is 9.37 Å². The van der Waals surface area contributed by atoms with Crippen molar-refractivity contribution < 1.29 is 9.18 Å². The monoisotopic (exact) mass is 376 g/mol. The Bertz CT molecular complexity index is 697. The van der Waals surface area contributed by atoms with Crippen LogP contribution in [0.4, 0.5) is 9.52 Å². The third kappa shape index (κ3) is 4.80. The molecule has 1 saturated heterocycles. The van der Waals surface area contributed by atoms with Gasteiger partial charge in [-0.05, 0) is 23.6 Å². The third-order valence-electron chi connectivity index (χ3n) is 4.64. The molecule has 3 rings (SSSR count). The minimum absolute atomic E-state index is 0.00993. The van der Waals surface area contributed by atoms with Crippen molar-refractivity contribution in [2.45, 2.75) is 19.9 Å². The molecule has 0 saturated carbocycles. The van der Waals surface area contributed by atoms with Crippen molar-refractivity contribution in [2.75, 3.05) is 37.6 Å². The molecule has 1 aliphatic rings. The molecule has 26 heavy (non-hydrogen) atoms. The molecule has 5 nitrogen and oxygen atoms in total. The largest absolute Gasteiger partial charge is 0.348 e. The zero-order chi connectivity index (χ0) is 18.5. The molecule has 1 amide bonds. The summed E-state index contributed by atoms with van der Waals surface area (Å²) < 4.78 is 13.2. The second kappa shape index (κ2) is 8.60. The van der Waals surface area contributed by atoms with Crippen LogP contribution in [0.2, 0.25) is 0 Å². The first-order valence-corrected chi connectivity index (χ1v) is 9.82. The molecule has 2 heterocycles. The Morgan fingerprint density at radius 3 is 2.50 bits per heavy atom. The zero-order valence-corrected chi connectivity index (χ0v) is 16.0. The number of piperazine rings is 1. The van der Waals surface area contributed by atoms with E-state index in [0.717, 1.165) is 36.9 Å². The summed E-state index contributed by atoms with van der Waals surface area (Å²) in [5.41, 5.74) is 0.934. The molecule has 1 aliphatic heterocycles. The molecule has 1 aromatic heterocycles. The number of nitrogens with zero attached hydrogens (tertiary/aromatic N) is 3. The lowest BCUT2D eigenvalue weighted by Gasteiger charge is -2.34. The van der Waals surface area contributed by atoms with E-state index >= 15 is 0 Å². The van der Waals surface area contributed by atoms with E-state index in [-0.39, 0.29) is 23.7 Å². The van der Waals surface area contributed by atoms with Gasteiger partial charge in [0.15, 0.2) is 5.13 Å². The number of rotatable bonds is 6. The molecule has 1 N–H and O–H groups in total. The van der Waals surface area contributed by atoms with Crippen LogP contribution in [0.5, 0.6) is 0 Å². The zero-order valence-electron chi connectivity index (χ0n) is 15.2. The fraction of sp³-hybridized carbons (Fsp3) is 0.474. The van der Waals surface area contributed by atoms with E-state index < -0.39 is 0 Å². The number of hydrogen-bond donors (Lipinski definition) is 1. The summed E-state index contributed by atoms with van der Waals surface area (Å²) in [6.45, 7) is 7.95. The number of amides is 1. The number of thiazole rings is 1. The highest BCUT2D eigenvalue weighted by molar-refractivity contribution is 7.13. The van der Waals surface area contributed by atoms with E-state index in [1.807, 2.05) is 11.6 Å². The highest BCUT2D eigenvalue weighted by Gasteiger charge is 2.23. The van der Waals surface area contributed by atoms with Gasteiger partial charge in [0.2, 0.25) is 5.91 Å². The van der Waals surface area contributed by atoms with Crippen LogP contribution >= 0.6 is 11.3 Å². The van der Waals surface area contributed by atoms with Crippen LogP contribution in [0.25, 0.3) is 0 Å².